The lowest BCUT2D eigenvalue weighted by Crippen LogP contribution is -2.32. The smallest absolute Gasteiger partial charge is 0.328 e. The number of benzene rings is 2. The van der Waals surface area contributed by atoms with E-state index in [4.69, 9.17) is 22.6 Å². The van der Waals surface area contributed by atoms with E-state index >= 15 is 0 Å². The Morgan fingerprint density at radius 3 is 2.68 bits per heavy atom. The molecule has 1 aliphatic rings. The van der Waals surface area contributed by atoms with Crippen molar-refractivity contribution in [1.82, 2.24) is 4.81 Å². The molecule has 1 aliphatic heterocycles. The third-order valence-corrected chi connectivity index (χ3v) is 4.66. The van der Waals surface area contributed by atoms with Gasteiger partial charge in [-0.05, 0) is 67.4 Å². The summed E-state index contributed by atoms with van der Waals surface area (Å²) in [6.45, 7) is 1.61. The minimum absolute atomic E-state index is 0.278. The highest BCUT2D eigenvalue weighted by Crippen LogP contribution is 2.32. The molecule has 1 heterocycles. The Morgan fingerprint density at radius 1 is 1.29 bits per heavy atom. The number of carboxylic acids is 1. The SMILES string of the molecule is [B]N1CCC[C@H]1CNc1ccc(/C=C/C(=O)O)cc1Oc1ccc(OC)cc1. The minimum atomic E-state index is -0.996. The van der Waals surface area contributed by atoms with Gasteiger partial charge < -0.3 is 24.7 Å². The van der Waals surface area contributed by atoms with Crippen LogP contribution in [0.15, 0.2) is 48.5 Å². The number of anilines is 1. The third kappa shape index (κ3) is 5.30. The van der Waals surface area contributed by atoms with Crippen molar-refractivity contribution in [3.05, 3.63) is 54.1 Å². The van der Waals surface area contributed by atoms with Gasteiger partial charge in [0.1, 0.15) is 11.5 Å². The van der Waals surface area contributed by atoms with Gasteiger partial charge in [0.25, 0.3) is 0 Å². The molecule has 144 valence electrons. The highest BCUT2D eigenvalue weighted by molar-refractivity contribution is 6.04. The maximum absolute atomic E-state index is 10.8. The first-order valence-corrected chi connectivity index (χ1v) is 9.17. The number of carboxylic acid groups (broad SMARTS) is 1. The molecule has 7 heteroatoms. The first-order chi connectivity index (χ1) is 13.5. The van der Waals surface area contributed by atoms with Crippen LogP contribution in [0.3, 0.4) is 0 Å². The second-order valence-electron chi connectivity index (χ2n) is 6.62. The zero-order valence-electron chi connectivity index (χ0n) is 15.8. The van der Waals surface area contributed by atoms with E-state index in [0.717, 1.165) is 42.5 Å². The Hall–Kier alpha value is -2.93. The van der Waals surface area contributed by atoms with Gasteiger partial charge in [-0.25, -0.2) is 4.79 Å². The first kappa shape index (κ1) is 19.8. The van der Waals surface area contributed by atoms with Crippen molar-refractivity contribution in [2.24, 2.45) is 0 Å². The highest BCUT2D eigenvalue weighted by atomic mass is 16.5. The lowest BCUT2D eigenvalue weighted by molar-refractivity contribution is -0.131. The highest BCUT2D eigenvalue weighted by Gasteiger charge is 2.20. The topological polar surface area (TPSA) is 71.0 Å². The van der Waals surface area contributed by atoms with E-state index < -0.39 is 5.97 Å². The van der Waals surface area contributed by atoms with Crippen LogP contribution in [0.1, 0.15) is 18.4 Å². The second kappa shape index (κ2) is 9.33. The van der Waals surface area contributed by atoms with Crippen LogP contribution in [0.25, 0.3) is 6.08 Å². The van der Waals surface area contributed by atoms with Crippen LogP contribution in [-0.2, 0) is 4.79 Å². The largest absolute Gasteiger partial charge is 0.497 e. The molecule has 0 unspecified atom stereocenters. The molecule has 1 atom stereocenters. The number of nitrogens with zero attached hydrogens (tertiary/aromatic N) is 1. The van der Waals surface area contributed by atoms with Gasteiger partial charge in [-0.15, -0.1) is 0 Å². The maximum atomic E-state index is 10.8. The zero-order chi connectivity index (χ0) is 19.9. The van der Waals surface area contributed by atoms with Crippen LogP contribution >= 0.6 is 0 Å². The first-order valence-electron chi connectivity index (χ1n) is 9.17. The van der Waals surface area contributed by atoms with Crippen LogP contribution in [0.2, 0.25) is 0 Å². The standard InChI is InChI=1S/C21H23BN2O4/c1-27-17-6-8-18(9-7-17)28-20-13-15(5-11-21(25)26)4-10-19(20)23-14-16-3-2-12-24(16)22/h4-11,13,16,23H,2-3,12,14H2,1H3,(H,25,26)/b11-5+/t16-/m0/s1. The number of hydrogen-bond acceptors (Lipinski definition) is 5. The van der Waals surface area contributed by atoms with Crippen LogP contribution in [0.4, 0.5) is 5.69 Å². The number of aliphatic carboxylic acids is 1. The van der Waals surface area contributed by atoms with Crippen molar-refractivity contribution in [2.75, 3.05) is 25.5 Å². The summed E-state index contributed by atoms with van der Waals surface area (Å²) >= 11 is 0. The van der Waals surface area contributed by atoms with Crippen molar-refractivity contribution in [3.8, 4) is 17.2 Å². The fraction of sp³-hybridized carbons (Fsp3) is 0.286. The van der Waals surface area contributed by atoms with Gasteiger partial charge in [0, 0.05) is 18.7 Å². The average molecular weight is 378 g/mol. The van der Waals surface area contributed by atoms with E-state index in [1.807, 2.05) is 41.2 Å². The molecular weight excluding hydrogens is 355 g/mol. The molecule has 28 heavy (non-hydrogen) atoms. The van der Waals surface area contributed by atoms with Gasteiger partial charge in [0.05, 0.1) is 12.8 Å². The molecule has 0 bridgehead atoms. The summed E-state index contributed by atoms with van der Waals surface area (Å²) < 4.78 is 11.2. The molecule has 2 radical (unpaired) electrons. The van der Waals surface area contributed by atoms with Crippen LogP contribution in [0, 0.1) is 0 Å². The molecule has 6 nitrogen and oxygen atoms in total. The lowest BCUT2D eigenvalue weighted by Gasteiger charge is -2.22. The molecule has 0 spiro atoms. The summed E-state index contributed by atoms with van der Waals surface area (Å²) in [5, 5.41) is 12.3. The molecule has 0 amide bonds. The van der Waals surface area contributed by atoms with Crippen LogP contribution in [-0.4, -0.2) is 50.1 Å². The predicted octanol–water partition coefficient (Wildman–Crippen LogP) is 3.55. The number of rotatable bonds is 8. The van der Waals surface area contributed by atoms with E-state index in [0.29, 0.717) is 18.0 Å². The summed E-state index contributed by atoms with van der Waals surface area (Å²) in [5.41, 5.74) is 1.56. The fourth-order valence-electron chi connectivity index (χ4n) is 3.12. The molecule has 0 aliphatic carbocycles. The Bertz CT molecular complexity index is 839. The number of methoxy groups -OCH3 is 1. The average Bonchev–Trinajstić information content (AvgIpc) is 3.11. The van der Waals surface area contributed by atoms with E-state index in [-0.39, 0.29) is 6.04 Å². The third-order valence-electron chi connectivity index (χ3n) is 4.66. The summed E-state index contributed by atoms with van der Waals surface area (Å²) in [4.78, 5) is 12.7. The van der Waals surface area contributed by atoms with E-state index in [2.05, 4.69) is 5.32 Å². The van der Waals surface area contributed by atoms with Crippen molar-refractivity contribution in [2.45, 2.75) is 18.9 Å². The molecular formula is C21H23BN2O4. The Balaban J connectivity index is 1.80. The number of nitrogens with one attached hydrogen (secondary N) is 1. The summed E-state index contributed by atoms with van der Waals surface area (Å²) in [5.74, 6) is 1.01. The Labute approximate surface area is 166 Å². The predicted molar refractivity (Wildman–Crippen MR) is 110 cm³/mol. The van der Waals surface area contributed by atoms with Gasteiger partial charge in [0.2, 0.25) is 0 Å². The Morgan fingerprint density at radius 2 is 2.04 bits per heavy atom. The number of carbonyl (C=O) groups is 1. The number of hydrogen-bond donors (Lipinski definition) is 2. The van der Waals surface area contributed by atoms with E-state index in [9.17, 15) is 4.79 Å². The Kier molecular flexibility index (Phi) is 6.60. The molecule has 1 saturated heterocycles. The van der Waals surface area contributed by atoms with Gasteiger partial charge in [-0.3, -0.25) is 0 Å². The van der Waals surface area contributed by atoms with E-state index in [1.54, 1.807) is 13.2 Å². The fourth-order valence-corrected chi connectivity index (χ4v) is 3.12. The number of ether oxygens (including phenoxy) is 2. The van der Waals surface area contributed by atoms with Gasteiger partial charge in [0.15, 0.2) is 13.7 Å². The second-order valence-corrected chi connectivity index (χ2v) is 6.62. The molecule has 1 fully saturated rings. The molecule has 2 N–H and O–H groups in total. The van der Waals surface area contributed by atoms with Crippen molar-refractivity contribution < 1.29 is 19.4 Å². The van der Waals surface area contributed by atoms with Gasteiger partial charge in [-0.2, -0.15) is 0 Å². The van der Waals surface area contributed by atoms with Crippen molar-refractivity contribution >= 4 is 25.7 Å². The molecule has 0 aromatic heterocycles. The van der Waals surface area contributed by atoms with Gasteiger partial charge >= 0.3 is 5.97 Å². The van der Waals surface area contributed by atoms with Crippen molar-refractivity contribution in [1.29, 1.82) is 0 Å². The summed E-state index contributed by atoms with van der Waals surface area (Å²) in [7, 11) is 7.62. The van der Waals surface area contributed by atoms with Gasteiger partial charge in [-0.1, -0.05) is 6.07 Å². The minimum Gasteiger partial charge on any atom is -0.497 e. The quantitative estimate of drug-likeness (QED) is 0.541. The normalized spacial score (nSPS) is 17.0. The lowest BCUT2D eigenvalue weighted by atomic mass is 10.1. The molecule has 2 aromatic carbocycles. The molecule has 2 aromatic rings. The van der Waals surface area contributed by atoms with Crippen LogP contribution in [0.5, 0.6) is 17.2 Å². The maximum Gasteiger partial charge on any atom is 0.328 e. The van der Waals surface area contributed by atoms with E-state index in [1.165, 1.54) is 6.08 Å². The molecule has 0 saturated carbocycles. The van der Waals surface area contributed by atoms with Crippen molar-refractivity contribution in [3.63, 3.8) is 0 Å². The summed E-state index contributed by atoms with van der Waals surface area (Å²) in [6.07, 6.45) is 4.78. The van der Waals surface area contributed by atoms with Crippen LogP contribution < -0.4 is 14.8 Å². The summed E-state index contributed by atoms with van der Waals surface area (Å²) in [6, 6.07) is 13.1. The molecule has 3 rings (SSSR count). The zero-order valence-corrected chi connectivity index (χ0v) is 15.8. The monoisotopic (exact) mass is 378 g/mol.